The summed E-state index contributed by atoms with van der Waals surface area (Å²) in [5.74, 6) is 2.68. The van der Waals surface area contributed by atoms with Crippen molar-refractivity contribution < 1.29 is 0 Å². The van der Waals surface area contributed by atoms with E-state index in [1.165, 1.54) is 24.2 Å². The minimum absolute atomic E-state index is 0.490. The number of anilines is 1. The van der Waals surface area contributed by atoms with E-state index in [0.717, 1.165) is 35.4 Å². The van der Waals surface area contributed by atoms with Gasteiger partial charge in [0.1, 0.15) is 4.99 Å². The first-order chi connectivity index (χ1) is 9.61. The van der Waals surface area contributed by atoms with Gasteiger partial charge < -0.3 is 11.1 Å². The van der Waals surface area contributed by atoms with Gasteiger partial charge >= 0.3 is 0 Å². The van der Waals surface area contributed by atoms with Crippen LogP contribution in [0.5, 0.6) is 0 Å². The zero-order chi connectivity index (χ0) is 14.5. The first-order valence-corrected chi connectivity index (χ1v) is 8.80. The van der Waals surface area contributed by atoms with Crippen LogP contribution in [0.2, 0.25) is 0 Å². The zero-order valence-electron chi connectivity index (χ0n) is 12.3. The summed E-state index contributed by atoms with van der Waals surface area (Å²) in [6.45, 7) is 5.52. The van der Waals surface area contributed by atoms with Gasteiger partial charge in [-0.3, -0.25) is 0 Å². The van der Waals surface area contributed by atoms with Crippen LogP contribution in [0.3, 0.4) is 0 Å². The van der Waals surface area contributed by atoms with Crippen LogP contribution in [0.25, 0.3) is 0 Å². The Kier molecular flexibility index (Phi) is 5.73. The summed E-state index contributed by atoms with van der Waals surface area (Å²) in [5.41, 5.74) is 8.04. The van der Waals surface area contributed by atoms with Gasteiger partial charge in [-0.05, 0) is 42.6 Å². The third kappa shape index (κ3) is 3.89. The molecule has 1 aromatic carbocycles. The van der Waals surface area contributed by atoms with Crippen molar-refractivity contribution >= 4 is 34.7 Å². The molecule has 2 atom stereocenters. The molecule has 0 aromatic heterocycles. The van der Waals surface area contributed by atoms with E-state index in [4.69, 9.17) is 18.0 Å². The van der Waals surface area contributed by atoms with E-state index in [0.29, 0.717) is 4.99 Å². The predicted octanol–water partition coefficient (Wildman–Crippen LogP) is 4.28. The van der Waals surface area contributed by atoms with Crippen molar-refractivity contribution in [2.45, 2.75) is 38.0 Å². The molecule has 1 fully saturated rings. The van der Waals surface area contributed by atoms with E-state index in [1.54, 1.807) is 11.8 Å². The highest BCUT2D eigenvalue weighted by molar-refractivity contribution is 7.99. The molecule has 1 saturated carbocycles. The molecule has 0 aliphatic heterocycles. The minimum atomic E-state index is 0.490. The van der Waals surface area contributed by atoms with Crippen molar-refractivity contribution in [3.8, 4) is 0 Å². The molecule has 1 aromatic rings. The van der Waals surface area contributed by atoms with E-state index >= 15 is 0 Å². The second-order valence-electron chi connectivity index (χ2n) is 5.64. The van der Waals surface area contributed by atoms with Crippen molar-refractivity contribution in [3.05, 3.63) is 23.8 Å². The summed E-state index contributed by atoms with van der Waals surface area (Å²) in [7, 11) is 0. The van der Waals surface area contributed by atoms with Crippen LogP contribution in [0, 0.1) is 11.8 Å². The summed E-state index contributed by atoms with van der Waals surface area (Å²) in [5, 5.41) is 3.58. The number of hydrogen-bond acceptors (Lipinski definition) is 3. The van der Waals surface area contributed by atoms with Gasteiger partial charge in [0.25, 0.3) is 0 Å². The lowest BCUT2D eigenvalue weighted by Gasteiger charge is -2.17. The second-order valence-corrected chi connectivity index (χ2v) is 7.39. The second kappa shape index (κ2) is 7.32. The SMILES string of the molecule is CCSc1cccc(NCC2CCC(C)C2)c1C(N)=S. The van der Waals surface area contributed by atoms with Gasteiger partial charge in [-0.1, -0.05) is 38.6 Å². The van der Waals surface area contributed by atoms with Gasteiger partial charge in [0, 0.05) is 22.7 Å². The molecule has 20 heavy (non-hydrogen) atoms. The third-order valence-corrected chi connectivity index (χ3v) is 5.10. The van der Waals surface area contributed by atoms with Crippen LogP contribution in [0.15, 0.2) is 23.1 Å². The third-order valence-electron chi connectivity index (χ3n) is 3.96. The van der Waals surface area contributed by atoms with E-state index in [2.05, 4.69) is 37.4 Å². The van der Waals surface area contributed by atoms with Crippen LogP contribution in [-0.2, 0) is 0 Å². The lowest BCUT2D eigenvalue weighted by atomic mass is 10.1. The highest BCUT2D eigenvalue weighted by Gasteiger charge is 2.21. The number of rotatable bonds is 6. The number of nitrogens with two attached hydrogens (primary N) is 1. The van der Waals surface area contributed by atoms with Crippen molar-refractivity contribution in [2.75, 3.05) is 17.6 Å². The Morgan fingerprint density at radius 1 is 1.45 bits per heavy atom. The van der Waals surface area contributed by atoms with Crippen LogP contribution >= 0.6 is 24.0 Å². The fraction of sp³-hybridized carbons (Fsp3) is 0.562. The lowest BCUT2D eigenvalue weighted by Crippen LogP contribution is -2.17. The van der Waals surface area contributed by atoms with Crippen molar-refractivity contribution in [3.63, 3.8) is 0 Å². The summed E-state index contributed by atoms with van der Waals surface area (Å²) in [6, 6.07) is 6.28. The first-order valence-electron chi connectivity index (χ1n) is 7.41. The molecule has 0 heterocycles. The van der Waals surface area contributed by atoms with Gasteiger partial charge in [0.2, 0.25) is 0 Å². The summed E-state index contributed by atoms with van der Waals surface area (Å²) in [4.78, 5) is 1.67. The monoisotopic (exact) mass is 308 g/mol. The Morgan fingerprint density at radius 3 is 2.85 bits per heavy atom. The van der Waals surface area contributed by atoms with Gasteiger partial charge in [-0.15, -0.1) is 11.8 Å². The Morgan fingerprint density at radius 2 is 2.25 bits per heavy atom. The van der Waals surface area contributed by atoms with E-state index in [1.807, 2.05) is 0 Å². The van der Waals surface area contributed by atoms with Crippen molar-refractivity contribution in [2.24, 2.45) is 17.6 Å². The first kappa shape index (κ1) is 15.6. The predicted molar refractivity (Wildman–Crippen MR) is 93.7 cm³/mol. The maximum absolute atomic E-state index is 5.93. The fourth-order valence-electron chi connectivity index (χ4n) is 2.97. The fourth-order valence-corrected chi connectivity index (χ4v) is 4.11. The van der Waals surface area contributed by atoms with Gasteiger partial charge in [-0.25, -0.2) is 0 Å². The molecule has 1 aliphatic carbocycles. The molecular weight excluding hydrogens is 284 g/mol. The molecule has 3 N–H and O–H groups in total. The van der Waals surface area contributed by atoms with E-state index in [-0.39, 0.29) is 0 Å². The molecular formula is C16H24N2S2. The molecule has 4 heteroatoms. The number of thiocarbonyl (C=S) groups is 1. The topological polar surface area (TPSA) is 38.0 Å². The summed E-state index contributed by atoms with van der Waals surface area (Å²) >= 11 is 7.04. The lowest BCUT2D eigenvalue weighted by molar-refractivity contribution is 0.537. The molecule has 2 nitrogen and oxygen atoms in total. The average molecular weight is 309 g/mol. The van der Waals surface area contributed by atoms with Crippen LogP contribution in [0.4, 0.5) is 5.69 Å². The van der Waals surface area contributed by atoms with Gasteiger partial charge in [-0.2, -0.15) is 0 Å². The molecule has 2 rings (SSSR count). The number of thioether (sulfide) groups is 1. The molecule has 0 saturated heterocycles. The molecule has 0 bridgehead atoms. The molecule has 0 spiro atoms. The largest absolute Gasteiger partial charge is 0.389 e. The smallest absolute Gasteiger partial charge is 0.107 e. The Hall–Kier alpha value is -0.740. The van der Waals surface area contributed by atoms with Gasteiger partial charge in [0.05, 0.1) is 0 Å². The average Bonchev–Trinajstić information content (AvgIpc) is 2.82. The highest BCUT2D eigenvalue weighted by Crippen LogP contribution is 2.32. The summed E-state index contributed by atoms with van der Waals surface area (Å²) < 4.78 is 0. The Bertz CT molecular complexity index is 474. The van der Waals surface area contributed by atoms with Gasteiger partial charge in [0.15, 0.2) is 0 Å². The molecule has 0 radical (unpaired) electrons. The summed E-state index contributed by atoms with van der Waals surface area (Å²) in [6.07, 6.45) is 4.03. The van der Waals surface area contributed by atoms with Crippen LogP contribution in [-0.4, -0.2) is 17.3 Å². The highest BCUT2D eigenvalue weighted by atomic mass is 32.2. The maximum atomic E-state index is 5.93. The van der Waals surface area contributed by atoms with Crippen LogP contribution in [0.1, 0.15) is 38.7 Å². The Balaban J connectivity index is 2.10. The number of benzene rings is 1. The normalized spacial score (nSPS) is 21.9. The maximum Gasteiger partial charge on any atom is 0.107 e. The minimum Gasteiger partial charge on any atom is -0.389 e. The number of hydrogen-bond donors (Lipinski definition) is 2. The quantitative estimate of drug-likeness (QED) is 0.607. The zero-order valence-corrected chi connectivity index (χ0v) is 13.9. The molecule has 0 amide bonds. The van der Waals surface area contributed by atoms with Crippen LogP contribution < -0.4 is 11.1 Å². The molecule has 1 aliphatic rings. The Labute approximate surface area is 131 Å². The van der Waals surface area contributed by atoms with E-state index < -0.39 is 0 Å². The molecule has 110 valence electrons. The van der Waals surface area contributed by atoms with Crippen molar-refractivity contribution in [1.82, 2.24) is 0 Å². The number of nitrogens with one attached hydrogen (secondary N) is 1. The standard InChI is InChI=1S/C16H24N2S2/c1-3-20-14-6-4-5-13(15(14)16(17)19)18-10-12-8-7-11(2)9-12/h4-6,11-12,18H,3,7-10H2,1-2H3,(H2,17,19). The van der Waals surface area contributed by atoms with Crippen molar-refractivity contribution in [1.29, 1.82) is 0 Å². The van der Waals surface area contributed by atoms with E-state index in [9.17, 15) is 0 Å². The molecule has 2 unspecified atom stereocenters.